The number of rotatable bonds is 3. The lowest BCUT2D eigenvalue weighted by atomic mass is 10.2. The third-order valence-corrected chi connectivity index (χ3v) is 7.56. The van der Waals surface area contributed by atoms with Crippen molar-refractivity contribution in [3.63, 3.8) is 0 Å². The Balaban J connectivity index is 1.35. The second kappa shape index (κ2) is 5.17. The number of anilines is 1. The fourth-order valence-electron chi connectivity index (χ4n) is 3.19. The highest BCUT2D eigenvalue weighted by molar-refractivity contribution is 7.91. The molecule has 1 aromatic rings. The number of sulfone groups is 1. The van der Waals surface area contributed by atoms with Gasteiger partial charge in [0, 0.05) is 38.1 Å². The summed E-state index contributed by atoms with van der Waals surface area (Å²) in [7, 11) is -2.79. The molecule has 8 heteroatoms. The summed E-state index contributed by atoms with van der Waals surface area (Å²) in [5.41, 5.74) is 0. The molecular formula is C13H20N4O2S2. The average molecular weight is 328 g/mol. The van der Waals surface area contributed by atoms with Crippen LogP contribution in [0.1, 0.15) is 30.2 Å². The van der Waals surface area contributed by atoms with Gasteiger partial charge in [0.2, 0.25) is 5.13 Å². The lowest BCUT2D eigenvalue weighted by molar-refractivity contribution is 0.200. The maximum Gasteiger partial charge on any atom is 0.208 e. The summed E-state index contributed by atoms with van der Waals surface area (Å²) in [6, 6.07) is 0.230. The van der Waals surface area contributed by atoms with Crippen molar-refractivity contribution < 1.29 is 8.42 Å². The van der Waals surface area contributed by atoms with Crippen LogP contribution >= 0.6 is 11.3 Å². The molecule has 3 aliphatic rings. The zero-order chi connectivity index (χ0) is 14.4. The van der Waals surface area contributed by atoms with Gasteiger partial charge >= 0.3 is 0 Å². The minimum absolute atomic E-state index is 0.230. The largest absolute Gasteiger partial charge is 0.344 e. The van der Waals surface area contributed by atoms with E-state index >= 15 is 0 Å². The number of hydrogen-bond donors (Lipinski definition) is 0. The summed E-state index contributed by atoms with van der Waals surface area (Å²) >= 11 is 1.73. The molecule has 0 radical (unpaired) electrons. The molecule has 116 valence electrons. The first-order chi connectivity index (χ1) is 10.1. The van der Waals surface area contributed by atoms with Gasteiger partial charge in [-0.25, -0.2) is 8.42 Å². The predicted molar refractivity (Wildman–Crippen MR) is 82.7 cm³/mol. The van der Waals surface area contributed by atoms with Gasteiger partial charge in [0.25, 0.3) is 0 Å². The van der Waals surface area contributed by atoms with Gasteiger partial charge < -0.3 is 4.90 Å². The van der Waals surface area contributed by atoms with E-state index in [9.17, 15) is 8.42 Å². The Bertz CT molecular complexity index is 618. The molecule has 1 atom stereocenters. The van der Waals surface area contributed by atoms with E-state index in [-0.39, 0.29) is 6.04 Å². The average Bonchev–Trinajstić information content (AvgIpc) is 3.09. The Labute approximate surface area is 129 Å². The zero-order valence-electron chi connectivity index (χ0n) is 11.9. The molecule has 1 aromatic heterocycles. The summed E-state index contributed by atoms with van der Waals surface area (Å²) in [6.45, 7) is 3.71. The van der Waals surface area contributed by atoms with E-state index in [2.05, 4.69) is 20.0 Å². The molecule has 6 nitrogen and oxygen atoms in total. The number of aromatic nitrogens is 2. The van der Waals surface area contributed by atoms with Crippen molar-refractivity contribution in [2.24, 2.45) is 0 Å². The lowest BCUT2D eigenvalue weighted by Crippen LogP contribution is -2.50. The van der Waals surface area contributed by atoms with Gasteiger partial charge in [0.15, 0.2) is 9.84 Å². The summed E-state index contributed by atoms with van der Waals surface area (Å²) in [4.78, 5) is 4.63. The molecule has 3 heterocycles. The fraction of sp³-hybridized carbons (Fsp3) is 0.846. The van der Waals surface area contributed by atoms with E-state index in [0.29, 0.717) is 17.4 Å². The van der Waals surface area contributed by atoms with Gasteiger partial charge in [-0.05, 0) is 19.3 Å². The van der Waals surface area contributed by atoms with Crippen molar-refractivity contribution in [2.75, 3.05) is 42.6 Å². The molecule has 2 saturated heterocycles. The molecule has 0 spiro atoms. The van der Waals surface area contributed by atoms with Gasteiger partial charge in [0.05, 0.1) is 11.5 Å². The number of piperazine rings is 1. The second-order valence-corrected chi connectivity index (χ2v) is 9.49. The Kier molecular flexibility index (Phi) is 3.42. The molecule has 3 fully saturated rings. The smallest absolute Gasteiger partial charge is 0.208 e. The van der Waals surface area contributed by atoms with E-state index < -0.39 is 9.84 Å². The second-order valence-electron chi connectivity index (χ2n) is 6.28. The van der Waals surface area contributed by atoms with Crippen LogP contribution in [0.25, 0.3) is 0 Å². The van der Waals surface area contributed by atoms with Crippen molar-refractivity contribution in [1.29, 1.82) is 0 Å². The quantitative estimate of drug-likeness (QED) is 0.815. The third kappa shape index (κ3) is 2.93. The Morgan fingerprint density at radius 3 is 2.43 bits per heavy atom. The highest BCUT2D eigenvalue weighted by Crippen LogP contribution is 2.42. The van der Waals surface area contributed by atoms with Crippen LogP contribution in [0, 0.1) is 0 Å². The minimum Gasteiger partial charge on any atom is -0.344 e. The van der Waals surface area contributed by atoms with Crippen molar-refractivity contribution in [3.05, 3.63) is 5.01 Å². The van der Waals surface area contributed by atoms with Crippen LogP contribution in [0.4, 0.5) is 5.13 Å². The zero-order valence-corrected chi connectivity index (χ0v) is 13.6. The lowest BCUT2D eigenvalue weighted by Gasteiger charge is -2.37. The van der Waals surface area contributed by atoms with Gasteiger partial charge in [-0.1, -0.05) is 11.3 Å². The van der Waals surface area contributed by atoms with Crippen LogP contribution in [0.2, 0.25) is 0 Å². The van der Waals surface area contributed by atoms with Crippen LogP contribution in [0.15, 0.2) is 0 Å². The van der Waals surface area contributed by atoms with E-state index in [4.69, 9.17) is 0 Å². The summed E-state index contributed by atoms with van der Waals surface area (Å²) in [6.07, 6.45) is 3.32. The minimum atomic E-state index is -2.79. The highest BCUT2D eigenvalue weighted by Gasteiger charge is 2.34. The molecule has 2 aliphatic heterocycles. The van der Waals surface area contributed by atoms with Crippen LogP contribution in [-0.2, 0) is 9.84 Å². The van der Waals surface area contributed by atoms with Crippen LogP contribution < -0.4 is 4.90 Å². The molecule has 21 heavy (non-hydrogen) atoms. The van der Waals surface area contributed by atoms with Gasteiger partial charge in [0.1, 0.15) is 5.01 Å². The van der Waals surface area contributed by atoms with E-state index in [0.717, 1.165) is 37.7 Å². The van der Waals surface area contributed by atoms with Crippen molar-refractivity contribution in [1.82, 2.24) is 15.1 Å². The molecule has 1 saturated carbocycles. The van der Waals surface area contributed by atoms with Gasteiger partial charge in [-0.15, -0.1) is 10.2 Å². The maximum atomic E-state index is 11.6. The van der Waals surface area contributed by atoms with E-state index in [1.54, 1.807) is 11.3 Å². The third-order valence-electron chi connectivity index (χ3n) is 4.67. The topological polar surface area (TPSA) is 66.4 Å². The van der Waals surface area contributed by atoms with E-state index in [1.807, 2.05) is 0 Å². The van der Waals surface area contributed by atoms with Crippen LogP contribution in [0.5, 0.6) is 0 Å². The highest BCUT2D eigenvalue weighted by atomic mass is 32.2. The van der Waals surface area contributed by atoms with Crippen LogP contribution in [-0.4, -0.2) is 67.2 Å². The normalized spacial score (nSPS) is 29.9. The SMILES string of the molecule is O=S1(=O)CCC(N2CCN(c3nnc(C4CC4)s3)CC2)C1. The monoisotopic (exact) mass is 328 g/mol. The molecule has 0 aromatic carbocycles. The van der Waals surface area contributed by atoms with Crippen LogP contribution in [0.3, 0.4) is 0 Å². The molecule has 0 bridgehead atoms. The van der Waals surface area contributed by atoms with E-state index in [1.165, 1.54) is 17.8 Å². The summed E-state index contributed by atoms with van der Waals surface area (Å²) in [5, 5.41) is 10.9. The Morgan fingerprint density at radius 1 is 1.05 bits per heavy atom. The summed E-state index contributed by atoms with van der Waals surface area (Å²) in [5.74, 6) is 1.37. The molecule has 1 aliphatic carbocycles. The van der Waals surface area contributed by atoms with Gasteiger partial charge in [-0.3, -0.25) is 4.90 Å². The predicted octanol–water partition coefficient (Wildman–Crippen LogP) is 0.725. The van der Waals surface area contributed by atoms with Gasteiger partial charge in [-0.2, -0.15) is 0 Å². The molecule has 0 N–H and O–H groups in total. The standard InChI is InChI=1S/C13H20N4O2S2/c18-21(19)8-3-11(9-21)16-4-6-17(7-5-16)13-15-14-12(20-13)10-1-2-10/h10-11H,1-9H2. The molecule has 0 amide bonds. The fourth-order valence-corrected chi connectivity index (χ4v) is 6.02. The number of nitrogens with zero attached hydrogens (tertiary/aromatic N) is 4. The Hall–Kier alpha value is -0.730. The summed E-state index contributed by atoms with van der Waals surface area (Å²) < 4.78 is 23.2. The Morgan fingerprint density at radius 2 is 1.81 bits per heavy atom. The first-order valence-corrected chi connectivity index (χ1v) is 10.3. The van der Waals surface area contributed by atoms with Crippen molar-refractivity contribution >= 4 is 26.3 Å². The number of hydrogen-bond acceptors (Lipinski definition) is 7. The molecule has 1 unspecified atom stereocenters. The first-order valence-electron chi connectivity index (χ1n) is 7.63. The van der Waals surface area contributed by atoms with Crippen molar-refractivity contribution in [3.8, 4) is 0 Å². The molecular weight excluding hydrogens is 308 g/mol. The maximum absolute atomic E-state index is 11.6. The first kappa shape index (κ1) is 13.9. The van der Waals surface area contributed by atoms with Crippen molar-refractivity contribution in [2.45, 2.75) is 31.2 Å². The molecule has 4 rings (SSSR count).